The molecule has 1 N–H and O–H groups in total. The summed E-state index contributed by atoms with van der Waals surface area (Å²) in [5, 5.41) is 11.6. The van der Waals surface area contributed by atoms with Gasteiger partial charge in [-0.15, -0.1) is 0 Å². The van der Waals surface area contributed by atoms with E-state index in [1.807, 2.05) is 17.0 Å². The van der Waals surface area contributed by atoms with Gasteiger partial charge >= 0.3 is 0 Å². The van der Waals surface area contributed by atoms with Crippen LogP contribution in [0.3, 0.4) is 0 Å². The van der Waals surface area contributed by atoms with E-state index in [-0.39, 0.29) is 10.6 Å². The number of anilines is 1. The molecule has 116 valence electrons. The molecule has 0 spiro atoms. The normalized spacial score (nSPS) is 17.5. The molecule has 0 atom stereocenters. The van der Waals surface area contributed by atoms with Crippen LogP contribution in [0, 0.1) is 0 Å². The van der Waals surface area contributed by atoms with E-state index in [4.69, 9.17) is 34.8 Å². The molecule has 1 fully saturated rings. The van der Waals surface area contributed by atoms with Crippen LogP contribution >= 0.6 is 34.8 Å². The molecule has 2 heterocycles. The summed E-state index contributed by atoms with van der Waals surface area (Å²) in [6, 6.07) is 7.28. The minimum atomic E-state index is -0.873. The lowest BCUT2D eigenvalue weighted by Crippen LogP contribution is -2.43. The third-order valence-corrected chi connectivity index (χ3v) is 4.41. The lowest BCUT2D eigenvalue weighted by molar-refractivity contribution is 0.0115. The fraction of sp³-hybridized carbons (Fsp3) is 0.357. The Labute approximate surface area is 142 Å². The second-order valence-corrected chi connectivity index (χ2v) is 6.31. The molecule has 0 aliphatic carbocycles. The highest BCUT2D eigenvalue weighted by Crippen LogP contribution is 2.34. The Balaban J connectivity index is 1.75. The molecule has 8 heteroatoms. The van der Waals surface area contributed by atoms with E-state index in [2.05, 4.69) is 15.0 Å². The SMILES string of the molecule is OC1(c2ccc(Cl)cc2)CCN(c2nc(Cl)nc(Cl)n2)CC1. The number of halogens is 3. The lowest BCUT2D eigenvalue weighted by Gasteiger charge is -2.38. The summed E-state index contributed by atoms with van der Waals surface area (Å²) in [5.74, 6) is 0.433. The Bertz CT molecular complexity index is 652. The molecule has 1 aliphatic rings. The van der Waals surface area contributed by atoms with Gasteiger partial charge in [0.25, 0.3) is 0 Å². The number of benzene rings is 1. The summed E-state index contributed by atoms with van der Waals surface area (Å²) >= 11 is 17.5. The van der Waals surface area contributed by atoms with E-state index < -0.39 is 5.60 Å². The van der Waals surface area contributed by atoms with Crippen LogP contribution in [-0.2, 0) is 5.60 Å². The summed E-state index contributed by atoms with van der Waals surface area (Å²) in [5.41, 5.74) is -0.00917. The molecule has 0 bridgehead atoms. The average Bonchev–Trinajstić information content (AvgIpc) is 2.47. The smallest absolute Gasteiger partial charge is 0.230 e. The summed E-state index contributed by atoms with van der Waals surface area (Å²) < 4.78 is 0. The summed E-state index contributed by atoms with van der Waals surface area (Å²) in [7, 11) is 0. The molecular weight excluding hydrogens is 347 g/mol. The van der Waals surface area contributed by atoms with Crippen molar-refractivity contribution in [2.45, 2.75) is 18.4 Å². The van der Waals surface area contributed by atoms with Crippen molar-refractivity contribution in [1.29, 1.82) is 0 Å². The third-order valence-electron chi connectivity index (χ3n) is 3.82. The fourth-order valence-corrected chi connectivity index (χ4v) is 3.06. The third kappa shape index (κ3) is 3.27. The Morgan fingerprint density at radius 3 is 2.00 bits per heavy atom. The highest BCUT2D eigenvalue weighted by Gasteiger charge is 2.34. The number of piperidine rings is 1. The van der Waals surface area contributed by atoms with Crippen LogP contribution in [0.25, 0.3) is 0 Å². The van der Waals surface area contributed by atoms with Crippen molar-refractivity contribution in [3.63, 3.8) is 0 Å². The molecule has 0 saturated carbocycles. The maximum atomic E-state index is 10.8. The number of hydrogen-bond acceptors (Lipinski definition) is 5. The number of rotatable bonds is 2. The van der Waals surface area contributed by atoms with Crippen LogP contribution in [-0.4, -0.2) is 33.1 Å². The van der Waals surface area contributed by atoms with Gasteiger partial charge in [-0.1, -0.05) is 23.7 Å². The van der Waals surface area contributed by atoms with Gasteiger partial charge in [0, 0.05) is 18.1 Å². The van der Waals surface area contributed by atoms with Gasteiger partial charge in [0.05, 0.1) is 5.60 Å². The average molecular weight is 360 g/mol. The van der Waals surface area contributed by atoms with Crippen molar-refractivity contribution < 1.29 is 5.11 Å². The molecular formula is C14H13Cl3N4O. The second kappa shape index (κ2) is 6.16. The number of nitrogens with zero attached hydrogens (tertiary/aromatic N) is 4. The van der Waals surface area contributed by atoms with Crippen molar-refractivity contribution in [3.05, 3.63) is 45.4 Å². The topological polar surface area (TPSA) is 62.1 Å². The molecule has 1 aromatic carbocycles. The number of hydrogen-bond donors (Lipinski definition) is 1. The zero-order valence-corrected chi connectivity index (χ0v) is 13.8. The lowest BCUT2D eigenvalue weighted by atomic mass is 9.84. The molecule has 22 heavy (non-hydrogen) atoms. The minimum Gasteiger partial charge on any atom is -0.385 e. The van der Waals surface area contributed by atoms with Crippen LogP contribution < -0.4 is 4.90 Å². The maximum Gasteiger partial charge on any atom is 0.230 e. The standard InChI is InChI=1S/C14H13Cl3N4O/c15-10-3-1-9(2-4-10)14(22)5-7-21(8-6-14)13-19-11(16)18-12(17)20-13/h1-4,22H,5-8H2. The van der Waals surface area contributed by atoms with Crippen LogP contribution in [0.15, 0.2) is 24.3 Å². The second-order valence-electron chi connectivity index (χ2n) is 5.20. The summed E-state index contributed by atoms with van der Waals surface area (Å²) in [6.45, 7) is 1.19. The van der Waals surface area contributed by atoms with Crippen LogP contribution in [0.4, 0.5) is 5.95 Å². The molecule has 1 saturated heterocycles. The van der Waals surface area contributed by atoms with Gasteiger partial charge in [-0.2, -0.15) is 15.0 Å². The molecule has 3 rings (SSSR count). The predicted octanol–water partition coefficient (Wildman–Crippen LogP) is 3.32. The van der Waals surface area contributed by atoms with Crippen molar-refractivity contribution in [1.82, 2.24) is 15.0 Å². The number of aromatic nitrogens is 3. The van der Waals surface area contributed by atoms with E-state index in [1.54, 1.807) is 12.1 Å². The minimum absolute atomic E-state index is 0.0635. The molecule has 1 aliphatic heterocycles. The molecule has 0 unspecified atom stereocenters. The molecule has 0 amide bonds. The van der Waals surface area contributed by atoms with Crippen LogP contribution in [0.1, 0.15) is 18.4 Å². The Hall–Kier alpha value is -1.14. The quantitative estimate of drug-likeness (QED) is 0.891. The Morgan fingerprint density at radius 2 is 1.45 bits per heavy atom. The van der Waals surface area contributed by atoms with Gasteiger partial charge in [0.2, 0.25) is 16.5 Å². The maximum absolute atomic E-state index is 10.8. The van der Waals surface area contributed by atoms with E-state index in [9.17, 15) is 5.11 Å². The zero-order valence-electron chi connectivity index (χ0n) is 11.5. The largest absolute Gasteiger partial charge is 0.385 e. The number of aliphatic hydroxyl groups is 1. The van der Waals surface area contributed by atoms with Crippen molar-refractivity contribution in [2.75, 3.05) is 18.0 Å². The molecule has 1 aromatic heterocycles. The molecule has 5 nitrogen and oxygen atoms in total. The molecule has 0 radical (unpaired) electrons. The van der Waals surface area contributed by atoms with Gasteiger partial charge < -0.3 is 10.0 Å². The van der Waals surface area contributed by atoms with Crippen LogP contribution in [0.5, 0.6) is 0 Å². The fourth-order valence-electron chi connectivity index (χ4n) is 2.58. The van der Waals surface area contributed by atoms with Crippen molar-refractivity contribution in [3.8, 4) is 0 Å². The predicted molar refractivity (Wildman–Crippen MR) is 86.6 cm³/mol. The highest BCUT2D eigenvalue weighted by molar-refractivity contribution is 6.31. The summed E-state index contributed by atoms with van der Waals surface area (Å²) in [4.78, 5) is 13.8. The van der Waals surface area contributed by atoms with Crippen molar-refractivity contribution in [2.24, 2.45) is 0 Å². The van der Waals surface area contributed by atoms with E-state index >= 15 is 0 Å². The van der Waals surface area contributed by atoms with Gasteiger partial charge in [0.1, 0.15) is 0 Å². The van der Waals surface area contributed by atoms with E-state index in [1.165, 1.54) is 0 Å². The van der Waals surface area contributed by atoms with Crippen molar-refractivity contribution >= 4 is 40.8 Å². The van der Waals surface area contributed by atoms with E-state index in [0.29, 0.717) is 36.9 Å². The van der Waals surface area contributed by atoms with E-state index in [0.717, 1.165) is 5.56 Å². The first kappa shape index (κ1) is 15.7. The zero-order chi connectivity index (χ0) is 15.7. The van der Waals surface area contributed by atoms with Gasteiger partial charge in [-0.05, 0) is 53.7 Å². The first-order valence-electron chi connectivity index (χ1n) is 6.77. The Morgan fingerprint density at radius 1 is 0.909 bits per heavy atom. The summed E-state index contributed by atoms with van der Waals surface area (Å²) in [6.07, 6.45) is 1.10. The highest BCUT2D eigenvalue weighted by atomic mass is 35.5. The van der Waals surface area contributed by atoms with Gasteiger partial charge in [0.15, 0.2) is 0 Å². The van der Waals surface area contributed by atoms with Crippen LogP contribution in [0.2, 0.25) is 15.6 Å². The first-order valence-corrected chi connectivity index (χ1v) is 7.90. The molecule has 2 aromatic rings. The van der Waals surface area contributed by atoms with Gasteiger partial charge in [-0.3, -0.25) is 0 Å². The van der Waals surface area contributed by atoms with Gasteiger partial charge in [-0.25, -0.2) is 0 Å². The first-order chi connectivity index (χ1) is 10.5. The monoisotopic (exact) mass is 358 g/mol. The Kier molecular flexibility index (Phi) is 4.41.